The monoisotopic (exact) mass is 268 g/mol. The molecule has 1 heterocycles. The molecule has 15 heavy (non-hydrogen) atoms. The first-order valence-electron chi connectivity index (χ1n) is 4.96. The normalized spacial score (nSPS) is 18.9. The van der Waals surface area contributed by atoms with Gasteiger partial charge in [-0.25, -0.2) is 0 Å². The van der Waals surface area contributed by atoms with Crippen LogP contribution in [-0.4, -0.2) is 12.5 Å². The van der Waals surface area contributed by atoms with Gasteiger partial charge in [0.15, 0.2) is 0 Å². The number of nitrogens with one attached hydrogen (secondary N) is 1. The smallest absolute Gasteiger partial charge is 0.231 e. The van der Waals surface area contributed by atoms with Crippen molar-refractivity contribution in [1.29, 1.82) is 0 Å². The van der Waals surface area contributed by atoms with Gasteiger partial charge in [-0.3, -0.25) is 4.79 Å². The highest BCUT2D eigenvalue weighted by molar-refractivity contribution is 9.10. The Labute approximate surface area is 97.2 Å². The summed E-state index contributed by atoms with van der Waals surface area (Å²) >= 11 is 3.45. The van der Waals surface area contributed by atoms with Crippen molar-refractivity contribution in [3.8, 4) is 0 Å². The fourth-order valence-electron chi connectivity index (χ4n) is 1.91. The summed E-state index contributed by atoms with van der Waals surface area (Å²) in [5, 5.41) is 2.91. The second kappa shape index (κ2) is 3.94. The third-order valence-corrected chi connectivity index (χ3v) is 3.19. The number of carbonyl (C=O) groups excluding carboxylic acids is 1. The molecular formula is C11H13BrN2O. The number of rotatable bonds is 2. The minimum absolute atomic E-state index is 0.0611. The van der Waals surface area contributed by atoms with Crippen LogP contribution in [0.1, 0.15) is 24.0 Å². The molecule has 1 atom stereocenters. The van der Waals surface area contributed by atoms with Crippen LogP contribution in [0.2, 0.25) is 0 Å². The first-order valence-corrected chi connectivity index (χ1v) is 5.76. The lowest BCUT2D eigenvalue weighted by molar-refractivity contribution is -0.116. The average molecular weight is 269 g/mol. The van der Waals surface area contributed by atoms with Crippen molar-refractivity contribution in [1.82, 2.24) is 0 Å². The number of fused-ring (bicyclic) bond motifs is 1. The predicted octanol–water partition coefficient (Wildman–Crippen LogP) is 2.01. The quantitative estimate of drug-likeness (QED) is 0.862. The lowest BCUT2D eigenvalue weighted by atomic mass is 9.99. The van der Waals surface area contributed by atoms with Gasteiger partial charge in [-0.2, -0.15) is 0 Å². The Hall–Kier alpha value is -0.870. The van der Waals surface area contributed by atoms with Gasteiger partial charge in [0.25, 0.3) is 0 Å². The summed E-state index contributed by atoms with van der Waals surface area (Å²) in [5.41, 5.74) is 8.68. The fraction of sp³-hybridized carbons (Fsp3) is 0.364. The zero-order valence-electron chi connectivity index (χ0n) is 8.51. The largest absolute Gasteiger partial charge is 0.330 e. The molecule has 0 spiro atoms. The molecular weight excluding hydrogens is 256 g/mol. The number of amides is 1. The molecule has 3 nitrogen and oxygen atoms in total. The summed E-state index contributed by atoms with van der Waals surface area (Å²) < 4.78 is 1.01. The number of hydrogen-bond donors (Lipinski definition) is 2. The molecule has 0 fully saturated rings. The van der Waals surface area contributed by atoms with Gasteiger partial charge >= 0.3 is 0 Å². The minimum atomic E-state index is -0.0611. The summed E-state index contributed by atoms with van der Waals surface area (Å²) in [7, 11) is 0. The Morgan fingerprint density at radius 1 is 1.53 bits per heavy atom. The Kier molecular flexibility index (Phi) is 2.80. The van der Waals surface area contributed by atoms with Crippen LogP contribution in [0.15, 0.2) is 16.6 Å². The van der Waals surface area contributed by atoms with Gasteiger partial charge in [0.05, 0.1) is 5.92 Å². The molecule has 0 radical (unpaired) electrons. The van der Waals surface area contributed by atoms with E-state index in [0.717, 1.165) is 27.7 Å². The second-order valence-electron chi connectivity index (χ2n) is 3.78. The van der Waals surface area contributed by atoms with Gasteiger partial charge in [-0.1, -0.05) is 15.9 Å². The summed E-state index contributed by atoms with van der Waals surface area (Å²) in [6.07, 6.45) is 0.786. The number of nitrogens with two attached hydrogens (primary N) is 1. The molecule has 0 aromatic heterocycles. The van der Waals surface area contributed by atoms with Crippen molar-refractivity contribution >= 4 is 27.5 Å². The lowest BCUT2D eigenvalue weighted by Crippen LogP contribution is -2.09. The molecule has 2 rings (SSSR count). The van der Waals surface area contributed by atoms with Crippen molar-refractivity contribution in [3.63, 3.8) is 0 Å². The van der Waals surface area contributed by atoms with Crippen molar-refractivity contribution in [3.05, 3.63) is 27.7 Å². The van der Waals surface area contributed by atoms with Gasteiger partial charge in [-0.15, -0.1) is 0 Å². The van der Waals surface area contributed by atoms with Crippen molar-refractivity contribution in [2.75, 3.05) is 11.9 Å². The molecule has 3 N–H and O–H groups in total. The number of carbonyl (C=O) groups is 1. The Balaban J connectivity index is 2.52. The molecule has 1 unspecified atom stereocenters. The van der Waals surface area contributed by atoms with Gasteiger partial charge in [-0.05, 0) is 43.1 Å². The molecule has 0 bridgehead atoms. The van der Waals surface area contributed by atoms with Gasteiger partial charge in [0.2, 0.25) is 5.91 Å². The highest BCUT2D eigenvalue weighted by Gasteiger charge is 2.28. The summed E-state index contributed by atoms with van der Waals surface area (Å²) in [5.74, 6) is 0.00963. The SMILES string of the molecule is CC1C(=O)Nc2c(CCN)cc(Br)cc21. The molecule has 1 aliphatic rings. The highest BCUT2D eigenvalue weighted by Crippen LogP contribution is 2.37. The average Bonchev–Trinajstić information content (AvgIpc) is 2.46. The van der Waals surface area contributed by atoms with E-state index in [2.05, 4.69) is 21.2 Å². The van der Waals surface area contributed by atoms with Crippen LogP contribution in [0, 0.1) is 0 Å². The number of halogens is 1. The van der Waals surface area contributed by atoms with E-state index in [0.29, 0.717) is 6.54 Å². The van der Waals surface area contributed by atoms with Crippen LogP contribution >= 0.6 is 15.9 Å². The predicted molar refractivity (Wildman–Crippen MR) is 63.9 cm³/mol. The fourth-order valence-corrected chi connectivity index (χ4v) is 2.43. The zero-order valence-corrected chi connectivity index (χ0v) is 10.1. The number of hydrogen-bond acceptors (Lipinski definition) is 2. The summed E-state index contributed by atoms with van der Waals surface area (Å²) in [6, 6.07) is 4.02. The van der Waals surface area contributed by atoms with E-state index in [4.69, 9.17) is 5.73 Å². The maximum atomic E-state index is 11.5. The highest BCUT2D eigenvalue weighted by atomic mass is 79.9. The molecule has 0 saturated heterocycles. The molecule has 1 amide bonds. The van der Waals surface area contributed by atoms with E-state index in [1.54, 1.807) is 0 Å². The van der Waals surface area contributed by atoms with Crippen LogP contribution in [0.5, 0.6) is 0 Å². The van der Waals surface area contributed by atoms with Crippen LogP contribution in [0.4, 0.5) is 5.69 Å². The van der Waals surface area contributed by atoms with Crippen molar-refractivity contribution in [2.45, 2.75) is 19.3 Å². The molecule has 0 saturated carbocycles. The third kappa shape index (κ3) is 1.79. The number of benzene rings is 1. The standard InChI is InChI=1S/C11H13BrN2O/c1-6-9-5-8(12)4-7(2-3-13)10(9)14-11(6)15/h4-6H,2-3,13H2,1H3,(H,14,15). The van der Waals surface area contributed by atoms with Gasteiger partial charge in [0.1, 0.15) is 0 Å². The summed E-state index contributed by atoms with van der Waals surface area (Å²) in [4.78, 5) is 11.5. The molecule has 1 aromatic rings. The van der Waals surface area contributed by atoms with Crippen LogP contribution in [0.25, 0.3) is 0 Å². The Bertz CT molecular complexity index is 417. The molecule has 4 heteroatoms. The maximum Gasteiger partial charge on any atom is 0.231 e. The van der Waals surface area contributed by atoms with Gasteiger partial charge in [0, 0.05) is 10.2 Å². The van der Waals surface area contributed by atoms with E-state index >= 15 is 0 Å². The topological polar surface area (TPSA) is 55.1 Å². The van der Waals surface area contributed by atoms with E-state index in [-0.39, 0.29) is 11.8 Å². The van der Waals surface area contributed by atoms with E-state index in [9.17, 15) is 4.79 Å². The van der Waals surface area contributed by atoms with Crippen LogP contribution in [0.3, 0.4) is 0 Å². The Morgan fingerprint density at radius 3 is 2.93 bits per heavy atom. The van der Waals surface area contributed by atoms with Crippen LogP contribution < -0.4 is 11.1 Å². The van der Waals surface area contributed by atoms with Crippen molar-refractivity contribution < 1.29 is 4.79 Å². The molecule has 1 aliphatic heterocycles. The zero-order chi connectivity index (χ0) is 11.0. The second-order valence-corrected chi connectivity index (χ2v) is 4.69. The van der Waals surface area contributed by atoms with Crippen molar-refractivity contribution in [2.24, 2.45) is 5.73 Å². The first-order chi connectivity index (χ1) is 7.13. The maximum absolute atomic E-state index is 11.5. The van der Waals surface area contributed by atoms with Gasteiger partial charge < -0.3 is 11.1 Å². The van der Waals surface area contributed by atoms with E-state index in [1.807, 2.05) is 19.1 Å². The molecule has 0 aliphatic carbocycles. The van der Waals surface area contributed by atoms with Crippen LogP contribution in [-0.2, 0) is 11.2 Å². The Morgan fingerprint density at radius 2 is 2.27 bits per heavy atom. The van der Waals surface area contributed by atoms with E-state index < -0.39 is 0 Å². The first kappa shape index (κ1) is 10.6. The van der Waals surface area contributed by atoms with E-state index in [1.165, 1.54) is 0 Å². The molecule has 80 valence electrons. The summed E-state index contributed by atoms with van der Waals surface area (Å²) in [6.45, 7) is 2.51. The number of anilines is 1. The minimum Gasteiger partial charge on any atom is -0.330 e. The third-order valence-electron chi connectivity index (χ3n) is 2.74. The lowest BCUT2D eigenvalue weighted by Gasteiger charge is -2.08. The molecule has 1 aromatic carbocycles.